The average molecular weight is 274 g/mol. The Morgan fingerprint density at radius 3 is 2.40 bits per heavy atom. The SMILES string of the molecule is C/C(=C\c1ccc(N)cc1)C(=O)OC1CCC(N)CC1. The number of rotatable bonds is 3. The predicted molar refractivity (Wildman–Crippen MR) is 80.8 cm³/mol. The predicted octanol–water partition coefficient (Wildman–Crippen LogP) is 2.49. The van der Waals surface area contributed by atoms with E-state index in [1.807, 2.05) is 30.3 Å². The first-order chi connectivity index (χ1) is 9.54. The van der Waals surface area contributed by atoms with E-state index in [1.165, 1.54) is 0 Å². The maximum absolute atomic E-state index is 12.0. The van der Waals surface area contributed by atoms with E-state index in [0.29, 0.717) is 11.3 Å². The van der Waals surface area contributed by atoms with E-state index in [-0.39, 0.29) is 18.1 Å². The van der Waals surface area contributed by atoms with Gasteiger partial charge < -0.3 is 16.2 Å². The minimum Gasteiger partial charge on any atom is -0.459 e. The number of hydrogen-bond donors (Lipinski definition) is 2. The van der Waals surface area contributed by atoms with Crippen LogP contribution in [0.5, 0.6) is 0 Å². The van der Waals surface area contributed by atoms with E-state index in [4.69, 9.17) is 16.2 Å². The molecule has 1 aromatic rings. The number of benzene rings is 1. The summed E-state index contributed by atoms with van der Waals surface area (Å²) in [5, 5.41) is 0. The molecule has 0 amide bonds. The van der Waals surface area contributed by atoms with Gasteiger partial charge >= 0.3 is 5.97 Å². The molecule has 0 unspecified atom stereocenters. The van der Waals surface area contributed by atoms with Crippen LogP contribution in [-0.4, -0.2) is 18.1 Å². The van der Waals surface area contributed by atoms with E-state index < -0.39 is 0 Å². The van der Waals surface area contributed by atoms with Gasteiger partial charge in [0.25, 0.3) is 0 Å². The minimum absolute atomic E-state index is 0.0112. The standard InChI is InChI=1S/C16H22N2O2/c1-11(10-12-2-4-13(17)5-3-12)16(19)20-15-8-6-14(18)7-9-15/h2-5,10,14-15H,6-9,17-18H2,1H3/b11-10+. The highest BCUT2D eigenvalue weighted by Gasteiger charge is 2.22. The summed E-state index contributed by atoms with van der Waals surface area (Å²) >= 11 is 0. The molecule has 4 heteroatoms. The van der Waals surface area contributed by atoms with Crippen LogP contribution in [0.3, 0.4) is 0 Å². The molecular weight excluding hydrogens is 252 g/mol. The van der Waals surface area contributed by atoms with Crippen LogP contribution in [0.15, 0.2) is 29.8 Å². The number of carbonyl (C=O) groups excluding carboxylic acids is 1. The molecule has 108 valence electrons. The van der Waals surface area contributed by atoms with Crippen molar-refractivity contribution in [1.82, 2.24) is 0 Å². The van der Waals surface area contributed by atoms with Crippen molar-refractivity contribution in [3.63, 3.8) is 0 Å². The number of nitrogen functional groups attached to an aromatic ring is 1. The maximum atomic E-state index is 12.0. The molecule has 0 spiro atoms. The first kappa shape index (κ1) is 14.6. The zero-order valence-corrected chi connectivity index (χ0v) is 11.8. The fourth-order valence-corrected chi connectivity index (χ4v) is 2.35. The third-order valence-corrected chi connectivity index (χ3v) is 3.63. The largest absolute Gasteiger partial charge is 0.459 e. The Morgan fingerprint density at radius 1 is 1.20 bits per heavy atom. The molecule has 4 nitrogen and oxygen atoms in total. The lowest BCUT2D eigenvalue weighted by Gasteiger charge is -2.25. The summed E-state index contributed by atoms with van der Waals surface area (Å²) in [6, 6.07) is 7.65. The van der Waals surface area contributed by atoms with E-state index in [9.17, 15) is 4.79 Å². The van der Waals surface area contributed by atoms with Crippen molar-refractivity contribution in [3.05, 3.63) is 35.4 Å². The molecule has 1 aliphatic carbocycles. The highest BCUT2D eigenvalue weighted by Crippen LogP contribution is 2.21. The van der Waals surface area contributed by atoms with Crippen molar-refractivity contribution >= 4 is 17.7 Å². The fourth-order valence-electron chi connectivity index (χ4n) is 2.35. The third kappa shape index (κ3) is 4.10. The fraction of sp³-hybridized carbons (Fsp3) is 0.438. The van der Waals surface area contributed by atoms with Crippen LogP contribution in [0.25, 0.3) is 6.08 Å². The minimum atomic E-state index is -0.248. The van der Waals surface area contributed by atoms with Gasteiger partial charge in [-0.15, -0.1) is 0 Å². The van der Waals surface area contributed by atoms with Gasteiger partial charge in [-0.05, 0) is 56.4 Å². The zero-order chi connectivity index (χ0) is 14.5. The quantitative estimate of drug-likeness (QED) is 0.504. The molecule has 0 bridgehead atoms. The summed E-state index contributed by atoms with van der Waals surface area (Å²) in [6.45, 7) is 1.77. The third-order valence-electron chi connectivity index (χ3n) is 3.63. The van der Waals surface area contributed by atoms with Crippen molar-refractivity contribution < 1.29 is 9.53 Å². The number of nitrogens with two attached hydrogens (primary N) is 2. The van der Waals surface area contributed by atoms with Gasteiger partial charge in [0.1, 0.15) is 6.10 Å². The Hall–Kier alpha value is -1.81. The second-order valence-electron chi connectivity index (χ2n) is 5.44. The first-order valence-electron chi connectivity index (χ1n) is 7.05. The van der Waals surface area contributed by atoms with Crippen LogP contribution >= 0.6 is 0 Å². The number of hydrogen-bond acceptors (Lipinski definition) is 4. The van der Waals surface area contributed by atoms with Gasteiger partial charge in [0.15, 0.2) is 0 Å². The molecular formula is C16H22N2O2. The monoisotopic (exact) mass is 274 g/mol. The summed E-state index contributed by atoms with van der Waals surface area (Å²) in [5.74, 6) is -0.248. The molecule has 1 fully saturated rings. The lowest BCUT2D eigenvalue weighted by atomic mass is 9.94. The van der Waals surface area contributed by atoms with E-state index >= 15 is 0 Å². The van der Waals surface area contributed by atoms with Crippen molar-refractivity contribution in [2.45, 2.75) is 44.8 Å². The highest BCUT2D eigenvalue weighted by molar-refractivity contribution is 5.93. The van der Waals surface area contributed by atoms with Crippen LogP contribution in [-0.2, 0) is 9.53 Å². The molecule has 4 N–H and O–H groups in total. The van der Waals surface area contributed by atoms with Crippen LogP contribution in [0.1, 0.15) is 38.2 Å². The van der Waals surface area contributed by atoms with Gasteiger partial charge in [0.05, 0.1) is 0 Å². The van der Waals surface area contributed by atoms with Gasteiger partial charge in [-0.2, -0.15) is 0 Å². The summed E-state index contributed by atoms with van der Waals surface area (Å²) in [5.41, 5.74) is 13.7. The summed E-state index contributed by atoms with van der Waals surface area (Å²) in [4.78, 5) is 12.0. The number of carbonyl (C=O) groups is 1. The summed E-state index contributed by atoms with van der Waals surface area (Å²) in [7, 11) is 0. The second-order valence-corrected chi connectivity index (χ2v) is 5.44. The van der Waals surface area contributed by atoms with Crippen molar-refractivity contribution in [2.24, 2.45) is 5.73 Å². The van der Waals surface area contributed by atoms with E-state index in [2.05, 4.69) is 0 Å². The topological polar surface area (TPSA) is 78.3 Å². The Kier molecular flexibility index (Phi) is 4.79. The van der Waals surface area contributed by atoms with Crippen molar-refractivity contribution in [3.8, 4) is 0 Å². The Morgan fingerprint density at radius 2 is 1.80 bits per heavy atom. The molecule has 2 rings (SSSR count). The van der Waals surface area contributed by atoms with Gasteiger partial charge in [0.2, 0.25) is 0 Å². The molecule has 0 aliphatic heterocycles. The van der Waals surface area contributed by atoms with Crippen LogP contribution in [0, 0.1) is 0 Å². The molecule has 0 aromatic heterocycles. The highest BCUT2D eigenvalue weighted by atomic mass is 16.5. The average Bonchev–Trinajstić information content (AvgIpc) is 2.44. The molecule has 1 aromatic carbocycles. The van der Waals surface area contributed by atoms with Gasteiger partial charge in [-0.25, -0.2) is 4.79 Å². The lowest BCUT2D eigenvalue weighted by molar-refractivity contribution is -0.145. The molecule has 20 heavy (non-hydrogen) atoms. The number of esters is 1. The second kappa shape index (κ2) is 6.57. The number of anilines is 1. The van der Waals surface area contributed by atoms with Crippen molar-refractivity contribution in [1.29, 1.82) is 0 Å². The Labute approximate surface area is 119 Å². The van der Waals surface area contributed by atoms with Crippen LogP contribution in [0.2, 0.25) is 0 Å². The normalized spacial score (nSPS) is 23.4. The smallest absolute Gasteiger partial charge is 0.334 e. The first-order valence-corrected chi connectivity index (χ1v) is 7.05. The molecule has 0 radical (unpaired) electrons. The van der Waals surface area contributed by atoms with Crippen LogP contribution < -0.4 is 11.5 Å². The molecule has 1 aliphatic rings. The van der Waals surface area contributed by atoms with Gasteiger partial charge in [-0.1, -0.05) is 12.1 Å². The van der Waals surface area contributed by atoms with Gasteiger partial charge in [0, 0.05) is 17.3 Å². The summed E-state index contributed by atoms with van der Waals surface area (Å²) in [6.07, 6.45) is 5.41. The lowest BCUT2D eigenvalue weighted by Crippen LogP contribution is -2.31. The van der Waals surface area contributed by atoms with Crippen molar-refractivity contribution in [2.75, 3.05) is 5.73 Å². The zero-order valence-electron chi connectivity index (χ0n) is 11.8. The molecule has 0 saturated heterocycles. The Balaban J connectivity index is 1.93. The van der Waals surface area contributed by atoms with Gasteiger partial charge in [-0.3, -0.25) is 0 Å². The Bertz CT molecular complexity index is 486. The molecule has 0 atom stereocenters. The van der Waals surface area contributed by atoms with E-state index in [0.717, 1.165) is 31.2 Å². The summed E-state index contributed by atoms with van der Waals surface area (Å²) < 4.78 is 5.51. The maximum Gasteiger partial charge on any atom is 0.334 e. The number of ether oxygens (including phenoxy) is 1. The molecule has 0 heterocycles. The van der Waals surface area contributed by atoms with E-state index in [1.54, 1.807) is 6.92 Å². The van der Waals surface area contributed by atoms with Crippen LogP contribution in [0.4, 0.5) is 5.69 Å². The molecule has 1 saturated carbocycles.